The number of hydrogen-bond donors (Lipinski definition) is 4. The number of rotatable bonds is 8. The van der Waals surface area contributed by atoms with Crippen molar-refractivity contribution in [2.75, 3.05) is 20.3 Å². The molecule has 14 nitrogen and oxygen atoms in total. The average molecular weight is 748 g/mol. The molecule has 1 aromatic carbocycles. The van der Waals surface area contributed by atoms with Crippen molar-refractivity contribution in [3.63, 3.8) is 0 Å². The smallest absolute Gasteiger partial charge is 0.405 e. The lowest BCUT2D eigenvalue weighted by Crippen LogP contribution is -2.59. The van der Waals surface area contributed by atoms with Gasteiger partial charge in [-0.25, -0.2) is 27.0 Å². The lowest BCUT2D eigenvalue weighted by atomic mass is 9.88. The van der Waals surface area contributed by atoms with Crippen molar-refractivity contribution >= 4 is 44.6 Å². The Balaban J connectivity index is 1.35. The highest BCUT2D eigenvalue weighted by Crippen LogP contribution is 2.48. The van der Waals surface area contributed by atoms with Gasteiger partial charge in [0.1, 0.15) is 46.7 Å². The molecule has 2 aromatic rings. The number of halogens is 2. The van der Waals surface area contributed by atoms with E-state index in [9.17, 15) is 41.5 Å². The summed E-state index contributed by atoms with van der Waals surface area (Å²) in [5.41, 5.74) is -1.70. The maximum absolute atomic E-state index is 14.3. The number of allylic oxidation sites excluding steroid dienone is 1. The number of carbonyl (C=O) groups excluding carboxylic acids is 3. The summed E-state index contributed by atoms with van der Waals surface area (Å²) in [6.45, 7) is 2.40. The fourth-order valence-electron chi connectivity index (χ4n) is 7.46. The number of carbonyl (C=O) groups is 4. The number of nitrogens with one attached hydrogen (secondary N) is 3. The monoisotopic (exact) mass is 747 g/mol. The molecule has 0 unspecified atom stereocenters. The van der Waals surface area contributed by atoms with Crippen LogP contribution in [0.5, 0.6) is 11.6 Å². The summed E-state index contributed by atoms with van der Waals surface area (Å²) in [6.07, 6.45) is 4.48. The Kier molecular flexibility index (Phi) is 10.1. The van der Waals surface area contributed by atoms with Crippen molar-refractivity contribution < 1.29 is 51.0 Å². The van der Waals surface area contributed by atoms with Crippen molar-refractivity contribution in [3.05, 3.63) is 42.4 Å². The van der Waals surface area contributed by atoms with Crippen molar-refractivity contribution in [1.29, 1.82) is 0 Å². The van der Waals surface area contributed by atoms with Crippen LogP contribution in [-0.2, 0) is 24.4 Å². The highest BCUT2D eigenvalue weighted by molar-refractivity contribution is 7.91. The molecule has 282 valence electrons. The second-order valence-corrected chi connectivity index (χ2v) is 16.7. The van der Waals surface area contributed by atoms with Gasteiger partial charge in [-0.1, -0.05) is 26.0 Å². The van der Waals surface area contributed by atoms with Crippen LogP contribution in [0.25, 0.3) is 10.8 Å². The summed E-state index contributed by atoms with van der Waals surface area (Å²) in [6, 6.07) is 1.43. The minimum absolute atomic E-state index is 0.0603. The van der Waals surface area contributed by atoms with Crippen molar-refractivity contribution in [2.24, 2.45) is 17.8 Å². The van der Waals surface area contributed by atoms with E-state index in [4.69, 9.17) is 9.47 Å². The van der Waals surface area contributed by atoms with Gasteiger partial charge in [0.15, 0.2) is 0 Å². The van der Waals surface area contributed by atoms with Crippen LogP contribution in [0.15, 0.2) is 36.5 Å². The average Bonchev–Trinajstić information content (AvgIpc) is 4.00. The highest BCUT2D eigenvalue weighted by atomic mass is 32.2. The second kappa shape index (κ2) is 14.1. The number of hydrogen-bond acceptors (Lipinski definition) is 9. The summed E-state index contributed by atoms with van der Waals surface area (Å²) >= 11 is 0. The molecule has 3 fully saturated rings. The summed E-state index contributed by atoms with van der Waals surface area (Å²) in [7, 11) is -3.00. The molecular weight excluding hydrogens is 704 g/mol. The Bertz CT molecular complexity index is 1910. The van der Waals surface area contributed by atoms with Gasteiger partial charge in [0.2, 0.25) is 27.7 Å². The molecule has 52 heavy (non-hydrogen) atoms. The zero-order chi connectivity index (χ0) is 37.6. The molecule has 0 radical (unpaired) electrons. The Morgan fingerprint density at radius 1 is 1.17 bits per heavy atom. The number of alkyl halides is 1. The first-order valence-electron chi connectivity index (χ1n) is 17.3. The summed E-state index contributed by atoms with van der Waals surface area (Å²) in [4.78, 5) is 59.8. The van der Waals surface area contributed by atoms with Gasteiger partial charge < -0.3 is 30.1 Å². The van der Waals surface area contributed by atoms with E-state index in [1.807, 2.05) is 17.7 Å². The van der Waals surface area contributed by atoms with E-state index < -0.39 is 86.6 Å². The van der Waals surface area contributed by atoms with Crippen LogP contribution < -0.4 is 24.8 Å². The Morgan fingerprint density at radius 3 is 2.60 bits per heavy atom. The number of aromatic nitrogens is 1. The molecule has 4 N–H and O–H groups in total. The van der Waals surface area contributed by atoms with E-state index in [1.54, 1.807) is 13.0 Å². The maximum atomic E-state index is 14.3. The number of nitrogens with zero attached hydrogens (tertiary/aromatic N) is 2. The fraction of sp³-hybridized carbons (Fsp3) is 0.571. The van der Waals surface area contributed by atoms with Gasteiger partial charge in [-0.15, -0.1) is 0 Å². The molecule has 1 saturated heterocycles. The zero-order valence-corrected chi connectivity index (χ0v) is 29.9. The SMILES string of the molecule is COc1cnc(O[C@@H]2C[C@H]3C(=O)N[C@]4(C(=O)NS(=O)(=O)C5(CF)CC5)C[C@H]4C=CCC[C@@H](C)C[C@@H](C)[C@H](NC(=O)O)C(=O)N3C2)c2ccc(F)cc12. The van der Waals surface area contributed by atoms with E-state index in [-0.39, 0.29) is 44.0 Å². The molecule has 3 heterocycles. The molecule has 17 heteroatoms. The van der Waals surface area contributed by atoms with E-state index in [1.165, 1.54) is 36.4 Å². The van der Waals surface area contributed by atoms with E-state index in [0.29, 0.717) is 35.8 Å². The van der Waals surface area contributed by atoms with Crippen LogP contribution in [0.3, 0.4) is 0 Å². The van der Waals surface area contributed by atoms with Gasteiger partial charge in [0.05, 0.1) is 19.9 Å². The third kappa shape index (κ3) is 7.11. The number of amides is 4. The van der Waals surface area contributed by atoms with Crippen LogP contribution in [0.2, 0.25) is 0 Å². The molecule has 4 amide bonds. The summed E-state index contributed by atoms with van der Waals surface area (Å²) in [5, 5.41) is 15.6. The number of ether oxygens (including phenoxy) is 2. The molecule has 0 spiro atoms. The quantitative estimate of drug-likeness (QED) is 0.292. The normalized spacial score (nSPS) is 30.2. The summed E-state index contributed by atoms with van der Waals surface area (Å²) in [5.74, 6) is -3.61. The van der Waals surface area contributed by atoms with Gasteiger partial charge in [-0.3, -0.25) is 19.1 Å². The first-order valence-corrected chi connectivity index (χ1v) is 18.8. The lowest BCUT2D eigenvalue weighted by Gasteiger charge is -2.32. The number of carboxylic acid groups (broad SMARTS) is 1. The molecule has 1 aromatic heterocycles. The highest BCUT2D eigenvalue weighted by Gasteiger charge is 2.64. The van der Waals surface area contributed by atoms with Crippen LogP contribution in [-0.4, -0.2) is 96.0 Å². The van der Waals surface area contributed by atoms with Crippen LogP contribution in [0.1, 0.15) is 58.8 Å². The standard InChI is InChI=1S/C35H43F2N5O9S/c1-19-6-4-5-7-21-15-35(21,32(45)41-52(48,49)34(18-36)10-11-34)40-29(43)26-14-23(17-42(26)31(44)28(20(2)12-19)39-33(46)47)51-30-24-9-8-22(37)13-25(24)27(50-3)16-38-30/h5,7-9,13,16,19-21,23,26,28,39H,4,6,10-12,14-15,17-18H2,1-3H3,(H,40,43)(H,41,45)(H,46,47)/t19-,20-,21-,23-,26+,28+,35-/m1/s1. The minimum atomic E-state index is -4.41. The number of sulfonamides is 1. The first-order chi connectivity index (χ1) is 24.6. The Labute approximate surface area is 299 Å². The molecular formula is C35H43F2N5O9S. The maximum Gasteiger partial charge on any atom is 0.405 e. The molecule has 2 saturated carbocycles. The predicted molar refractivity (Wildman–Crippen MR) is 183 cm³/mol. The zero-order valence-electron chi connectivity index (χ0n) is 29.1. The van der Waals surface area contributed by atoms with Crippen molar-refractivity contribution in [3.8, 4) is 11.6 Å². The number of pyridine rings is 1. The fourth-order valence-corrected chi connectivity index (χ4v) is 8.89. The van der Waals surface area contributed by atoms with E-state index in [0.717, 1.165) is 0 Å². The van der Waals surface area contributed by atoms with Gasteiger partial charge in [-0.05, 0) is 68.6 Å². The van der Waals surface area contributed by atoms with E-state index in [2.05, 4.69) is 15.6 Å². The number of fused-ring (bicyclic) bond motifs is 3. The van der Waals surface area contributed by atoms with Gasteiger partial charge in [0.25, 0.3) is 5.91 Å². The Hall–Kier alpha value is -4.54. The minimum Gasteiger partial charge on any atom is -0.494 e. The molecule has 6 rings (SSSR count). The number of benzene rings is 1. The van der Waals surface area contributed by atoms with Crippen molar-refractivity contribution in [2.45, 2.75) is 87.3 Å². The van der Waals surface area contributed by atoms with Crippen LogP contribution in [0, 0.1) is 23.6 Å². The second-order valence-electron chi connectivity index (χ2n) is 14.6. The largest absolute Gasteiger partial charge is 0.494 e. The van der Waals surface area contributed by atoms with Crippen LogP contribution >= 0.6 is 0 Å². The third-order valence-electron chi connectivity index (χ3n) is 10.8. The predicted octanol–water partition coefficient (Wildman–Crippen LogP) is 3.20. The molecule has 7 atom stereocenters. The van der Waals surface area contributed by atoms with E-state index >= 15 is 0 Å². The van der Waals surface area contributed by atoms with Gasteiger partial charge in [-0.2, -0.15) is 0 Å². The molecule has 0 bridgehead atoms. The summed E-state index contributed by atoms with van der Waals surface area (Å²) < 4.78 is 66.0. The topological polar surface area (TPSA) is 193 Å². The molecule has 2 aliphatic heterocycles. The number of methoxy groups -OCH3 is 1. The molecule has 4 aliphatic rings. The molecule has 2 aliphatic carbocycles. The Morgan fingerprint density at radius 2 is 1.92 bits per heavy atom. The lowest BCUT2D eigenvalue weighted by molar-refractivity contribution is -0.142. The third-order valence-corrected chi connectivity index (χ3v) is 12.9. The van der Waals surface area contributed by atoms with Gasteiger partial charge >= 0.3 is 6.09 Å². The van der Waals surface area contributed by atoms with Gasteiger partial charge in [0, 0.05) is 23.1 Å². The van der Waals surface area contributed by atoms with Crippen LogP contribution in [0.4, 0.5) is 13.6 Å². The van der Waals surface area contributed by atoms with Crippen molar-refractivity contribution in [1.82, 2.24) is 25.2 Å². The first kappa shape index (κ1) is 37.2.